The Labute approximate surface area is 106 Å². The van der Waals surface area contributed by atoms with Crippen molar-refractivity contribution in [2.45, 2.75) is 26.7 Å². The Balaban J connectivity index is 2.52. The lowest BCUT2D eigenvalue weighted by Gasteiger charge is -2.04. The zero-order valence-corrected chi connectivity index (χ0v) is 10.7. The number of hydrogen-bond donors (Lipinski definition) is 1. The molecule has 0 bridgehead atoms. The van der Waals surface area contributed by atoms with E-state index >= 15 is 0 Å². The number of anilines is 1. The van der Waals surface area contributed by atoms with Gasteiger partial charge in [0.05, 0.1) is 5.02 Å². The summed E-state index contributed by atoms with van der Waals surface area (Å²) >= 11 is 6.22. The van der Waals surface area contributed by atoms with E-state index in [4.69, 9.17) is 21.9 Å². The Morgan fingerprint density at radius 3 is 2.82 bits per heavy atom. The number of hydrogen-bond acceptors (Lipinski definition) is 3. The molecule has 0 aliphatic carbocycles. The maximum Gasteiger partial charge on any atom is 0.173 e. The van der Waals surface area contributed by atoms with Crippen molar-refractivity contribution < 1.29 is 4.52 Å². The summed E-state index contributed by atoms with van der Waals surface area (Å²) in [4.78, 5) is 0. The van der Waals surface area contributed by atoms with E-state index in [2.05, 4.69) is 12.1 Å². The SMILES string of the molecule is CCCc1c(N)noc1-c1ccc(C)cc1Cl. The van der Waals surface area contributed by atoms with Crippen molar-refractivity contribution >= 4 is 17.4 Å². The van der Waals surface area contributed by atoms with Crippen LogP contribution in [0.3, 0.4) is 0 Å². The summed E-state index contributed by atoms with van der Waals surface area (Å²) in [6.45, 7) is 4.09. The molecule has 0 atom stereocenters. The number of rotatable bonds is 3. The largest absolute Gasteiger partial charge is 0.381 e. The first-order valence-electron chi connectivity index (χ1n) is 5.64. The summed E-state index contributed by atoms with van der Waals surface area (Å²) in [5.41, 5.74) is 8.71. The Morgan fingerprint density at radius 1 is 1.41 bits per heavy atom. The quantitative estimate of drug-likeness (QED) is 0.901. The number of nitrogens with zero attached hydrogens (tertiary/aromatic N) is 1. The van der Waals surface area contributed by atoms with Crippen LogP contribution in [0.2, 0.25) is 5.02 Å². The van der Waals surface area contributed by atoms with E-state index in [1.54, 1.807) is 0 Å². The monoisotopic (exact) mass is 250 g/mol. The predicted molar refractivity (Wildman–Crippen MR) is 70.1 cm³/mol. The number of aromatic nitrogens is 1. The Kier molecular flexibility index (Phi) is 3.38. The molecular formula is C13H15ClN2O. The molecule has 0 fully saturated rings. The van der Waals surface area contributed by atoms with E-state index in [-0.39, 0.29) is 0 Å². The van der Waals surface area contributed by atoms with Gasteiger partial charge in [-0.3, -0.25) is 0 Å². The van der Waals surface area contributed by atoms with Crippen molar-refractivity contribution in [2.24, 2.45) is 0 Å². The van der Waals surface area contributed by atoms with Gasteiger partial charge in [0.1, 0.15) is 0 Å². The zero-order chi connectivity index (χ0) is 12.4. The molecule has 1 aromatic carbocycles. The molecule has 2 aromatic rings. The molecule has 0 radical (unpaired) electrons. The third kappa shape index (κ3) is 2.29. The van der Waals surface area contributed by atoms with Crippen LogP contribution < -0.4 is 5.73 Å². The third-order valence-electron chi connectivity index (χ3n) is 2.69. The van der Waals surface area contributed by atoms with Crippen molar-refractivity contribution in [2.75, 3.05) is 5.73 Å². The molecule has 2 N–H and O–H groups in total. The molecule has 17 heavy (non-hydrogen) atoms. The molecule has 0 aliphatic rings. The number of benzene rings is 1. The first-order valence-corrected chi connectivity index (χ1v) is 6.01. The zero-order valence-electron chi connectivity index (χ0n) is 9.96. The van der Waals surface area contributed by atoms with E-state index < -0.39 is 0 Å². The second kappa shape index (κ2) is 4.80. The van der Waals surface area contributed by atoms with Crippen LogP contribution in [-0.2, 0) is 6.42 Å². The topological polar surface area (TPSA) is 52.0 Å². The van der Waals surface area contributed by atoms with Gasteiger partial charge in [-0.2, -0.15) is 0 Å². The lowest BCUT2D eigenvalue weighted by molar-refractivity contribution is 0.435. The van der Waals surface area contributed by atoms with Crippen molar-refractivity contribution in [3.63, 3.8) is 0 Å². The van der Waals surface area contributed by atoms with Crippen LogP contribution in [0.15, 0.2) is 22.7 Å². The van der Waals surface area contributed by atoms with Crippen molar-refractivity contribution in [1.29, 1.82) is 0 Å². The first-order chi connectivity index (χ1) is 8.13. The van der Waals surface area contributed by atoms with Crippen LogP contribution in [0, 0.1) is 6.92 Å². The van der Waals surface area contributed by atoms with Crippen LogP contribution >= 0.6 is 11.6 Å². The summed E-state index contributed by atoms with van der Waals surface area (Å²) in [5.74, 6) is 1.15. The Hall–Kier alpha value is -1.48. The summed E-state index contributed by atoms with van der Waals surface area (Å²) in [6.07, 6.45) is 1.83. The molecule has 0 saturated carbocycles. The fraction of sp³-hybridized carbons (Fsp3) is 0.308. The second-order valence-corrected chi connectivity index (χ2v) is 4.52. The van der Waals surface area contributed by atoms with Crippen LogP contribution in [0.25, 0.3) is 11.3 Å². The predicted octanol–water partition coefficient (Wildman–Crippen LogP) is 3.84. The van der Waals surface area contributed by atoms with Gasteiger partial charge in [-0.25, -0.2) is 0 Å². The molecule has 0 saturated heterocycles. The van der Waals surface area contributed by atoms with Gasteiger partial charge in [0.15, 0.2) is 11.6 Å². The van der Waals surface area contributed by atoms with Crippen LogP contribution in [-0.4, -0.2) is 5.16 Å². The molecule has 0 unspecified atom stereocenters. The average Bonchev–Trinajstić information content (AvgIpc) is 2.62. The minimum Gasteiger partial charge on any atom is -0.381 e. The lowest BCUT2D eigenvalue weighted by atomic mass is 10.0. The highest BCUT2D eigenvalue weighted by atomic mass is 35.5. The van der Waals surface area contributed by atoms with E-state index in [1.165, 1.54) is 0 Å². The van der Waals surface area contributed by atoms with Crippen molar-refractivity contribution in [1.82, 2.24) is 5.16 Å². The molecular weight excluding hydrogens is 236 g/mol. The van der Waals surface area contributed by atoms with Crippen molar-refractivity contribution in [3.8, 4) is 11.3 Å². The highest BCUT2D eigenvalue weighted by molar-refractivity contribution is 6.33. The minimum absolute atomic E-state index is 0.457. The minimum atomic E-state index is 0.457. The maximum atomic E-state index is 6.22. The second-order valence-electron chi connectivity index (χ2n) is 4.11. The van der Waals surface area contributed by atoms with Gasteiger partial charge in [-0.1, -0.05) is 36.2 Å². The van der Waals surface area contributed by atoms with E-state index in [9.17, 15) is 0 Å². The fourth-order valence-corrected chi connectivity index (χ4v) is 2.15. The lowest BCUT2D eigenvalue weighted by Crippen LogP contribution is -1.93. The molecule has 3 nitrogen and oxygen atoms in total. The number of nitrogen functional groups attached to an aromatic ring is 1. The molecule has 1 heterocycles. The molecule has 0 amide bonds. The van der Waals surface area contributed by atoms with Gasteiger partial charge in [0.2, 0.25) is 0 Å². The molecule has 2 rings (SSSR count). The van der Waals surface area contributed by atoms with Crippen LogP contribution in [0.1, 0.15) is 24.5 Å². The number of aryl methyl sites for hydroxylation is 1. The molecule has 90 valence electrons. The van der Waals surface area contributed by atoms with Gasteiger partial charge < -0.3 is 10.3 Å². The number of nitrogens with two attached hydrogens (primary N) is 1. The average molecular weight is 251 g/mol. The maximum absolute atomic E-state index is 6.22. The molecule has 0 spiro atoms. The smallest absolute Gasteiger partial charge is 0.173 e. The van der Waals surface area contributed by atoms with Crippen LogP contribution in [0.5, 0.6) is 0 Å². The summed E-state index contributed by atoms with van der Waals surface area (Å²) in [5, 5.41) is 4.48. The summed E-state index contributed by atoms with van der Waals surface area (Å²) in [6, 6.07) is 5.84. The normalized spacial score (nSPS) is 10.8. The molecule has 0 aliphatic heterocycles. The molecule has 1 aromatic heterocycles. The van der Waals surface area contributed by atoms with E-state index in [0.717, 1.165) is 29.5 Å². The highest BCUT2D eigenvalue weighted by Crippen LogP contribution is 2.34. The third-order valence-corrected chi connectivity index (χ3v) is 3.00. The Morgan fingerprint density at radius 2 is 2.18 bits per heavy atom. The first kappa shape index (κ1) is 12.0. The van der Waals surface area contributed by atoms with Gasteiger partial charge in [-0.15, -0.1) is 0 Å². The van der Waals surface area contributed by atoms with Gasteiger partial charge in [-0.05, 0) is 31.0 Å². The number of halogens is 1. The summed E-state index contributed by atoms with van der Waals surface area (Å²) in [7, 11) is 0. The summed E-state index contributed by atoms with van der Waals surface area (Å²) < 4.78 is 5.30. The van der Waals surface area contributed by atoms with E-state index in [1.807, 2.05) is 25.1 Å². The van der Waals surface area contributed by atoms with Crippen molar-refractivity contribution in [3.05, 3.63) is 34.3 Å². The van der Waals surface area contributed by atoms with Gasteiger partial charge >= 0.3 is 0 Å². The van der Waals surface area contributed by atoms with E-state index in [0.29, 0.717) is 16.6 Å². The molecule has 4 heteroatoms. The fourth-order valence-electron chi connectivity index (χ4n) is 1.83. The standard InChI is InChI=1S/C13H15ClN2O/c1-3-4-10-12(17-16-13(10)15)9-6-5-8(2)7-11(9)14/h5-7H,3-4H2,1-2H3,(H2,15,16). The van der Waals surface area contributed by atoms with Crippen LogP contribution in [0.4, 0.5) is 5.82 Å². The van der Waals surface area contributed by atoms with Gasteiger partial charge in [0, 0.05) is 11.1 Å². The highest BCUT2D eigenvalue weighted by Gasteiger charge is 2.17. The van der Waals surface area contributed by atoms with Gasteiger partial charge in [0.25, 0.3) is 0 Å². The Bertz CT molecular complexity index is 534.